The van der Waals surface area contributed by atoms with Crippen LogP contribution in [0.3, 0.4) is 0 Å². The number of thioether (sulfide) groups is 1. The molecule has 1 aromatic rings. The Morgan fingerprint density at radius 3 is 2.86 bits per heavy atom. The topological polar surface area (TPSA) is 55.1 Å². The molecular formula is C10H14N2OS. The SMILES string of the molecule is CSc1cccc(NC(C)C(N)=O)c1. The second kappa shape index (κ2) is 4.91. The van der Waals surface area contributed by atoms with Crippen molar-refractivity contribution in [1.29, 1.82) is 0 Å². The van der Waals surface area contributed by atoms with Crippen LogP contribution < -0.4 is 11.1 Å². The number of rotatable bonds is 4. The van der Waals surface area contributed by atoms with Crippen molar-refractivity contribution in [2.45, 2.75) is 17.9 Å². The van der Waals surface area contributed by atoms with Gasteiger partial charge in [-0.25, -0.2) is 0 Å². The smallest absolute Gasteiger partial charge is 0.239 e. The molecule has 1 rings (SSSR count). The maximum atomic E-state index is 10.8. The van der Waals surface area contributed by atoms with Crippen molar-refractivity contribution in [3.8, 4) is 0 Å². The highest BCUT2D eigenvalue weighted by Crippen LogP contribution is 2.19. The fourth-order valence-electron chi connectivity index (χ4n) is 1.03. The minimum absolute atomic E-state index is 0.341. The molecule has 3 N–H and O–H groups in total. The summed E-state index contributed by atoms with van der Waals surface area (Å²) >= 11 is 1.66. The lowest BCUT2D eigenvalue weighted by Gasteiger charge is -2.11. The lowest BCUT2D eigenvalue weighted by Crippen LogP contribution is -2.32. The molecule has 0 spiro atoms. The number of primary amides is 1. The Bertz CT molecular complexity index is 328. The van der Waals surface area contributed by atoms with E-state index < -0.39 is 0 Å². The molecule has 1 unspecified atom stereocenters. The molecule has 0 aliphatic carbocycles. The van der Waals surface area contributed by atoms with Crippen molar-refractivity contribution < 1.29 is 4.79 Å². The Balaban J connectivity index is 2.71. The minimum atomic E-state index is -0.348. The first kappa shape index (κ1) is 10.9. The van der Waals surface area contributed by atoms with Crippen LogP contribution in [0.25, 0.3) is 0 Å². The largest absolute Gasteiger partial charge is 0.374 e. The Morgan fingerprint density at radius 2 is 2.29 bits per heavy atom. The Hall–Kier alpha value is -1.16. The lowest BCUT2D eigenvalue weighted by atomic mass is 10.2. The summed E-state index contributed by atoms with van der Waals surface area (Å²) in [5, 5.41) is 3.03. The van der Waals surface area contributed by atoms with Crippen LogP contribution in [0.15, 0.2) is 29.2 Å². The molecule has 0 bridgehead atoms. The van der Waals surface area contributed by atoms with Gasteiger partial charge in [0.1, 0.15) is 6.04 Å². The second-order valence-corrected chi connectivity index (χ2v) is 3.88. The zero-order chi connectivity index (χ0) is 10.6. The molecule has 3 nitrogen and oxygen atoms in total. The Labute approximate surface area is 88.1 Å². The number of anilines is 1. The van der Waals surface area contributed by atoms with Gasteiger partial charge >= 0.3 is 0 Å². The molecule has 1 amide bonds. The predicted molar refractivity (Wildman–Crippen MR) is 60.5 cm³/mol. The van der Waals surface area contributed by atoms with E-state index in [0.29, 0.717) is 0 Å². The van der Waals surface area contributed by atoms with Crippen LogP contribution in [0.2, 0.25) is 0 Å². The highest BCUT2D eigenvalue weighted by molar-refractivity contribution is 7.98. The van der Waals surface area contributed by atoms with Crippen LogP contribution in [0, 0.1) is 0 Å². The number of nitrogens with two attached hydrogens (primary N) is 1. The van der Waals surface area contributed by atoms with Gasteiger partial charge in [0.25, 0.3) is 0 Å². The van der Waals surface area contributed by atoms with Crippen molar-refractivity contribution in [2.75, 3.05) is 11.6 Å². The van der Waals surface area contributed by atoms with E-state index in [9.17, 15) is 4.79 Å². The molecular weight excluding hydrogens is 196 g/mol. The summed E-state index contributed by atoms with van der Waals surface area (Å²) in [5.41, 5.74) is 6.07. The van der Waals surface area contributed by atoms with Gasteiger partial charge in [0, 0.05) is 10.6 Å². The molecule has 76 valence electrons. The first-order valence-corrected chi connectivity index (χ1v) is 5.56. The van der Waals surface area contributed by atoms with Gasteiger partial charge in [0.15, 0.2) is 0 Å². The summed E-state index contributed by atoms with van der Waals surface area (Å²) in [6.07, 6.45) is 2.01. The van der Waals surface area contributed by atoms with E-state index in [1.54, 1.807) is 18.7 Å². The van der Waals surface area contributed by atoms with Crippen LogP contribution in [0.4, 0.5) is 5.69 Å². The summed E-state index contributed by atoms with van der Waals surface area (Å²) in [6, 6.07) is 7.53. The molecule has 0 aromatic heterocycles. The first-order chi connectivity index (χ1) is 6.63. The molecule has 1 aromatic carbocycles. The fraction of sp³-hybridized carbons (Fsp3) is 0.300. The summed E-state index contributed by atoms with van der Waals surface area (Å²) in [4.78, 5) is 12.0. The fourth-order valence-corrected chi connectivity index (χ4v) is 1.49. The lowest BCUT2D eigenvalue weighted by molar-refractivity contribution is -0.118. The molecule has 14 heavy (non-hydrogen) atoms. The molecule has 4 heteroatoms. The van der Waals surface area contributed by atoms with Crippen LogP contribution >= 0.6 is 11.8 Å². The number of nitrogens with one attached hydrogen (secondary N) is 1. The third-order valence-corrected chi connectivity index (χ3v) is 2.61. The quantitative estimate of drug-likeness (QED) is 0.744. The first-order valence-electron chi connectivity index (χ1n) is 4.33. The van der Waals surface area contributed by atoms with E-state index in [1.807, 2.05) is 30.5 Å². The molecule has 0 aliphatic heterocycles. The van der Waals surface area contributed by atoms with E-state index in [1.165, 1.54) is 0 Å². The van der Waals surface area contributed by atoms with Crippen LogP contribution in [0.1, 0.15) is 6.92 Å². The highest BCUT2D eigenvalue weighted by atomic mass is 32.2. The summed E-state index contributed by atoms with van der Waals surface area (Å²) < 4.78 is 0. The molecule has 0 heterocycles. The van der Waals surface area contributed by atoms with Crippen molar-refractivity contribution >= 4 is 23.4 Å². The van der Waals surface area contributed by atoms with E-state index in [4.69, 9.17) is 5.73 Å². The van der Waals surface area contributed by atoms with Crippen LogP contribution in [0.5, 0.6) is 0 Å². The zero-order valence-corrected chi connectivity index (χ0v) is 9.10. The van der Waals surface area contributed by atoms with Gasteiger partial charge in [-0.3, -0.25) is 4.79 Å². The van der Waals surface area contributed by atoms with E-state index in [-0.39, 0.29) is 11.9 Å². The molecule has 0 radical (unpaired) electrons. The molecule has 1 atom stereocenters. The molecule has 0 saturated carbocycles. The van der Waals surface area contributed by atoms with Crippen molar-refractivity contribution in [1.82, 2.24) is 0 Å². The van der Waals surface area contributed by atoms with Crippen LogP contribution in [-0.2, 0) is 4.79 Å². The van der Waals surface area contributed by atoms with Gasteiger partial charge in [0.2, 0.25) is 5.91 Å². The van der Waals surface area contributed by atoms with Gasteiger partial charge in [-0.1, -0.05) is 6.07 Å². The van der Waals surface area contributed by atoms with E-state index in [2.05, 4.69) is 5.32 Å². The standard InChI is InChI=1S/C10H14N2OS/c1-7(10(11)13)12-8-4-3-5-9(6-8)14-2/h3-7,12H,1-2H3,(H2,11,13). The normalized spacial score (nSPS) is 12.1. The third-order valence-electron chi connectivity index (χ3n) is 1.88. The molecule has 0 fully saturated rings. The van der Waals surface area contributed by atoms with Crippen molar-refractivity contribution in [3.63, 3.8) is 0 Å². The second-order valence-electron chi connectivity index (χ2n) is 3.00. The van der Waals surface area contributed by atoms with Crippen LogP contribution in [-0.4, -0.2) is 18.2 Å². The monoisotopic (exact) mass is 210 g/mol. The zero-order valence-electron chi connectivity index (χ0n) is 8.28. The minimum Gasteiger partial charge on any atom is -0.374 e. The highest BCUT2D eigenvalue weighted by Gasteiger charge is 2.07. The number of amides is 1. The maximum Gasteiger partial charge on any atom is 0.239 e. The maximum absolute atomic E-state index is 10.8. The van der Waals surface area contributed by atoms with Crippen molar-refractivity contribution in [3.05, 3.63) is 24.3 Å². The van der Waals surface area contributed by atoms with Gasteiger partial charge in [-0.2, -0.15) is 0 Å². The summed E-state index contributed by atoms with van der Waals surface area (Å²) in [5.74, 6) is -0.348. The number of benzene rings is 1. The predicted octanol–water partition coefficient (Wildman–Crippen LogP) is 1.69. The average Bonchev–Trinajstić information content (AvgIpc) is 2.18. The Kier molecular flexibility index (Phi) is 3.83. The van der Waals surface area contributed by atoms with Gasteiger partial charge in [-0.05, 0) is 31.4 Å². The van der Waals surface area contributed by atoms with E-state index in [0.717, 1.165) is 10.6 Å². The number of carbonyl (C=O) groups is 1. The van der Waals surface area contributed by atoms with Gasteiger partial charge in [0.05, 0.1) is 0 Å². The van der Waals surface area contributed by atoms with Gasteiger partial charge < -0.3 is 11.1 Å². The third kappa shape index (κ3) is 2.96. The number of hydrogen-bond donors (Lipinski definition) is 2. The van der Waals surface area contributed by atoms with Gasteiger partial charge in [-0.15, -0.1) is 11.8 Å². The summed E-state index contributed by atoms with van der Waals surface area (Å²) in [6.45, 7) is 1.74. The Morgan fingerprint density at radius 1 is 1.57 bits per heavy atom. The molecule has 0 saturated heterocycles. The van der Waals surface area contributed by atoms with Crippen molar-refractivity contribution in [2.24, 2.45) is 5.73 Å². The van der Waals surface area contributed by atoms with E-state index >= 15 is 0 Å². The number of carbonyl (C=O) groups excluding carboxylic acids is 1. The summed E-state index contributed by atoms with van der Waals surface area (Å²) in [7, 11) is 0. The number of hydrogen-bond acceptors (Lipinski definition) is 3. The molecule has 0 aliphatic rings. The average molecular weight is 210 g/mol.